The summed E-state index contributed by atoms with van der Waals surface area (Å²) in [5, 5.41) is 13.9. The molecule has 0 unspecified atom stereocenters. The van der Waals surface area contributed by atoms with Gasteiger partial charge in [-0.25, -0.2) is 4.98 Å². The predicted octanol–water partition coefficient (Wildman–Crippen LogP) is 3.20. The highest BCUT2D eigenvalue weighted by Crippen LogP contribution is 2.24. The van der Waals surface area contributed by atoms with Crippen molar-refractivity contribution >= 4 is 44.1 Å². The molecule has 0 aliphatic heterocycles. The zero-order chi connectivity index (χ0) is 14.8. The summed E-state index contributed by atoms with van der Waals surface area (Å²) in [7, 11) is 0. The molecule has 0 aliphatic carbocycles. The summed E-state index contributed by atoms with van der Waals surface area (Å²) < 4.78 is 3.18. The molecule has 0 amide bonds. The molecule has 0 spiro atoms. The minimum absolute atomic E-state index is 0.152. The van der Waals surface area contributed by atoms with Gasteiger partial charge in [-0.15, -0.1) is 11.3 Å². The van der Waals surface area contributed by atoms with Gasteiger partial charge in [0.1, 0.15) is 11.7 Å². The van der Waals surface area contributed by atoms with Crippen molar-refractivity contribution < 1.29 is 5.21 Å². The number of nitrogens with zero attached hydrogens (tertiary/aromatic N) is 3. The van der Waals surface area contributed by atoms with E-state index in [2.05, 4.69) is 42.1 Å². The van der Waals surface area contributed by atoms with Crippen molar-refractivity contribution in [2.24, 2.45) is 10.9 Å². The van der Waals surface area contributed by atoms with Gasteiger partial charge in [-0.3, -0.25) is 0 Å². The molecule has 108 valence electrons. The molecule has 0 saturated heterocycles. The van der Waals surface area contributed by atoms with Crippen LogP contribution in [0.1, 0.15) is 10.7 Å². The number of hydrogen-bond acceptors (Lipinski definition) is 4. The van der Waals surface area contributed by atoms with Crippen molar-refractivity contribution in [3.8, 4) is 0 Å². The summed E-state index contributed by atoms with van der Waals surface area (Å²) in [6.45, 7) is 0.713. The molecule has 0 atom stereocenters. The minimum Gasteiger partial charge on any atom is -0.409 e. The van der Waals surface area contributed by atoms with E-state index in [9.17, 15) is 0 Å². The van der Waals surface area contributed by atoms with Crippen LogP contribution >= 0.6 is 27.3 Å². The number of rotatable bonds is 4. The molecule has 0 fully saturated rings. The maximum atomic E-state index is 8.78. The SMILES string of the molecule is NC(Cc1nc2ccccc2n1Cc1cc(Br)cs1)=NO. The van der Waals surface area contributed by atoms with Crippen molar-refractivity contribution in [1.82, 2.24) is 9.55 Å². The van der Waals surface area contributed by atoms with Gasteiger partial charge in [-0.05, 0) is 34.1 Å². The van der Waals surface area contributed by atoms with Crippen LogP contribution in [0, 0.1) is 0 Å². The maximum absolute atomic E-state index is 8.78. The molecule has 0 radical (unpaired) electrons. The summed E-state index contributed by atoms with van der Waals surface area (Å²) in [6, 6.07) is 10.0. The lowest BCUT2D eigenvalue weighted by Crippen LogP contribution is -2.18. The number of amidine groups is 1. The molecular formula is C14H13BrN4OS. The lowest BCUT2D eigenvalue weighted by atomic mass is 10.3. The molecule has 2 heterocycles. The van der Waals surface area contributed by atoms with Gasteiger partial charge < -0.3 is 15.5 Å². The highest BCUT2D eigenvalue weighted by atomic mass is 79.9. The Morgan fingerprint density at radius 2 is 2.24 bits per heavy atom. The van der Waals surface area contributed by atoms with Crippen molar-refractivity contribution in [3.05, 3.63) is 50.9 Å². The van der Waals surface area contributed by atoms with Gasteiger partial charge in [0.2, 0.25) is 0 Å². The van der Waals surface area contributed by atoms with Crippen LogP contribution in [0.15, 0.2) is 45.3 Å². The average Bonchev–Trinajstić information content (AvgIpc) is 3.04. The average molecular weight is 365 g/mol. The number of para-hydroxylation sites is 2. The van der Waals surface area contributed by atoms with Crippen LogP contribution in [-0.4, -0.2) is 20.6 Å². The molecule has 5 nitrogen and oxygen atoms in total. The highest BCUT2D eigenvalue weighted by molar-refractivity contribution is 9.10. The van der Waals surface area contributed by atoms with Gasteiger partial charge in [0.25, 0.3) is 0 Å². The number of fused-ring (bicyclic) bond motifs is 1. The first-order valence-corrected chi connectivity index (χ1v) is 7.98. The van der Waals surface area contributed by atoms with Gasteiger partial charge in [-0.1, -0.05) is 17.3 Å². The summed E-state index contributed by atoms with van der Waals surface area (Å²) in [5.74, 6) is 0.940. The lowest BCUT2D eigenvalue weighted by molar-refractivity contribution is 0.317. The van der Waals surface area contributed by atoms with E-state index in [-0.39, 0.29) is 5.84 Å². The van der Waals surface area contributed by atoms with Crippen molar-refractivity contribution in [2.75, 3.05) is 0 Å². The van der Waals surface area contributed by atoms with Crippen LogP contribution in [0.25, 0.3) is 11.0 Å². The van der Waals surface area contributed by atoms with Crippen LogP contribution in [0.4, 0.5) is 0 Å². The molecule has 0 bridgehead atoms. The molecule has 1 aromatic carbocycles. The van der Waals surface area contributed by atoms with E-state index in [4.69, 9.17) is 10.9 Å². The number of aromatic nitrogens is 2. The molecule has 0 aliphatic rings. The number of halogens is 1. The van der Waals surface area contributed by atoms with E-state index in [0.717, 1.165) is 21.3 Å². The topological polar surface area (TPSA) is 76.4 Å². The summed E-state index contributed by atoms with van der Waals surface area (Å²) in [5.41, 5.74) is 7.59. The fourth-order valence-electron chi connectivity index (χ4n) is 2.23. The zero-order valence-corrected chi connectivity index (χ0v) is 13.4. The first-order valence-electron chi connectivity index (χ1n) is 6.31. The summed E-state index contributed by atoms with van der Waals surface area (Å²) in [6.07, 6.45) is 0.317. The number of imidazole rings is 1. The third-order valence-corrected chi connectivity index (χ3v) is 4.82. The fourth-order valence-corrected chi connectivity index (χ4v) is 3.67. The quantitative estimate of drug-likeness (QED) is 0.323. The number of benzene rings is 1. The third kappa shape index (κ3) is 2.93. The molecule has 7 heteroatoms. The standard InChI is InChI=1S/C14H13BrN4OS/c15-9-5-10(21-8-9)7-19-12-4-2-1-3-11(12)17-14(19)6-13(16)18-20/h1-5,8,20H,6-7H2,(H2,16,18). The van der Waals surface area contributed by atoms with Gasteiger partial charge in [0.05, 0.1) is 24.0 Å². The normalized spacial score (nSPS) is 12.1. The van der Waals surface area contributed by atoms with Crippen LogP contribution in [0.5, 0.6) is 0 Å². The zero-order valence-electron chi connectivity index (χ0n) is 11.0. The van der Waals surface area contributed by atoms with Crippen LogP contribution in [-0.2, 0) is 13.0 Å². The van der Waals surface area contributed by atoms with E-state index in [1.807, 2.05) is 24.3 Å². The Hall–Kier alpha value is -1.86. The Balaban J connectivity index is 2.06. The van der Waals surface area contributed by atoms with E-state index in [1.165, 1.54) is 4.88 Å². The molecule has 2 aromatic heterocycles. The molecule has 21 heavy (non-hydrogen) atoms. The van der Waals surface area contributed by atoms with Crippen LogP contribution < -0.4 is 5.73 Å². The lowest BCUT2D eigenvalue weighted by Gasteiger charge is -2.07. The number of nitrogens with two attached hydrogens (primary N) is 1. The maximum Gasteiger partial charge on any atom is 0.146 e. The number of thiophene rings is 1. The molecular weight excluding hydrogens is 352 g/mol. The second kappa shape index (κ2) is 5.87. The van der Waals surface area contributed by atoms with Crippen LogP contribution in [0.2, 0.25) is 0 Å². The van der Waals surface area contributed by atoms with E-state index in [1.54, 1.807) is 11.3 Å². The van der Waals surface area contributed by atoms with Gasteiger partial charge in [0.15, 0.2) is 0 Å². The highest BCUT2D eigenvalue weighted by Gasteiger charge is 2.13. The Morgan fingerprint density at radius 3 is 2.95 bits per heavy atom. The largest absolute Gasteiger partial charge is 0.409 e. The second-order valence-corrected chi connectivity index (χ2v) is 6.51. The van der Waals surface area contributed by atoms with Crippen molar-refractivity contribution in [1.29, 1.82) is 0 Å². The Kier molecular flexibility index (Phi) is 3.94. The predicted molar refractivity (Wildman–Crippen MR) is 88.0 cm³/mol. The number of oxime groups is 1. The molecule has 3 aromatic rings. The first kappa shape index (κ1) is 14.1. The third-order valence-electron chi connectivity index (χ3n) is 3.14. The summed E-state index contributed by atoms with van der Waals surface area (Å²) >= 11 is 5.15. The first-order chi connectivity index (χ1) is 10.2. The van der Waals surface area contributed by atoms with Crippen molar-refractivity contribution in [2.45, 2.75) is 13.0 Å². The fraction of sp³-hybridized carbons (Fsp3) is 0.143. The Labute approximate surface area is 133 Å². The van der Waals surface area contributed by atoms with Crippen LogP contribution in [0.3, 0.4) is 0 Å². The number of hydrogen-bond donors (Lipinski definition) is 2. The minimum atomic E-state index is 0.152. The molecule has 3 rings (SSSR count). The van der Waals surface area contributed by atoms with Gasteiger partial charge >= 0.3 is 0 Å². The van der Waals surface area contributed by atoms with E-state index in [0.29, 0.717) is 13.0 Å². The van der Waals surface area contributed by atoms with E-state index >= 15 is 0 Å². The monoisotopic (exact) mass is 364 g/mol. The second-order valence-electron chi connectivity index (χ2n) is 4.60. The molecule has 3 N–H and O–H groups in total. The Morgan fingerprint density at radius 1 is 1.43 bits per heavy atom. The van der Waals surface area contributed by atoms with Gasteiger partial charge in [-0.2, -0.15) is 0 Å². The Bertz CT molecular complexity index is 808. The molecule has 0 saturated carbocycles. The van der Waals surface area contributed by atoms with E-state index < -0.39 is 0 Å². The van der Waals surface area contributed by atoms with Crippen molar-refractivity contribution in [3.63, 3.8) is 0 Å². The summed E-state index contributed by atoms with van der Waals surface area (Å²) in [4.78, 5) is 5.80. The smallest absolute Gasteiger partial charge is 0.146 e. The van der Waals surface area contributed by atoms with Gasteiger partial charge in [0, 0.05) is 14.7 Å².